The van der Waals surface area contributed by atoms with Crippen molar-refractivity contribution in [2.75, 3.05) is 0 Å². The first-order valence-corrected chi connectivity index (χ1v) is 3.80. The van der Waals surface area contributed by atoms with Crippen molar-refractivity contribution >= 4 is 0 Å². The van der Waals surface area contributed by atoms with Crippen LogP contribution in [0, 0.1) is 0 Å². The maximum atomic E-state index is 5.74. The van der Waals surface area contributed by atoms with Crippen molar-refractivity contribution in [2.45, 2.75) is 44.2 Å². The molecule has 2 atom stereocenters. The van der Waals surface area contributed by atoms with Crippen LogP contribution in [0.2, 0.25) is 0 Å². The van der Waals surface area contributed by atoms with Crippen molar-refractivity contribution in [3.8, 4) is 0 Å². The molecule has 0 aromatic rings. The fraction of sp³-hybridized carbons (Fsp3) is 1.00. The number of hydrogen-bond acceptors (Lipinski definition) is 2. The Morgan fingerprint density at radius 3 is 1.67 bits per heavy atom. The number of rotatable bonds is 0. The van der Waals surface area contributed by atoms with Gasteiger partial charge < -0.3 is 11.5 Å². The Kier molecular flexibility index (Phi) is 2.49. The van der Waals surface area contributed by atoms with E-state index in [9.17, 15) is 0 Å². The Bertz CT molecular complexity index is 73.0. The van der Waals surface area contributed by atoms with Crippen LogP contribution in [0.1, 0.15) is 32.1 Å². The van der Waals surface area contributed by atoms with Gasteiger partial charge in [0.05, 0.1) is 0 Å². The van der Waals surface area contributed by atoms with Crippen molar-refractivity contribution in [3.63, 3.8) is 0 Å². The Labute approximate surface area is 56.6 Å². The van der Waals surface area contributed by atoms with Crippen molar-refractivity contribution in [1.29, 1.82) is 0 Å². The fourth-order valence-corrected chi connectivity index (χ4v) is 1.36. The molecule has 0 heterocycles. The second-order valence-electron chi connectivity index (χ2n) is 3.03. The minimum atomic E-state index is 0.429. The summed E-state index contributed by atoms with van der Waals surface area (Å²) in [7, 11) is 0. The smallest absolute Gasteiger partial charge is 0.00394 e. The highest BCUT2D eigenvalue weighted by molar-refractivity contribution is 4.73. The molecule has 0 aromatic heterocycles. The SMILES string of the molecule is N[C@H]1CCC[C@H](N)CC1. The largest absolute Gasteiger partial charge is 0.328 e. The lowest BCUT2D eigenvalue weighted by atomic mass is 10.1. The molecule has 54 valence electrons. The molecule has 1 aliphatic rings. The van der Waals surface area contributed by atoms with Gasteiger partial charge in [-0.3, -0.25) is 0 Å². The highest BCUT2D eigenvalue weighted by Crippen LogP contribution is 2.14. The normalized spacial score (nSPS) is 38.0. The number of hydrogen-bond donors (Lipinski definition) is 2. The molecule has 1 saturated carbocycles. The molecule has 1 rings (SSSR count). The lowest BCUT2D eigenvalue weighted by Gasteiger charge is -2.05. The van der Waals surface area contributed by atoms with Gasteiger partial charge in [-0.15, -0.1) is 0 Å². The average Bonchev–Trinajstić information content (AvgIpc) is 1.97. The molecule has 4 N–H and O–H groups in total. The molecule has 0 bridgehead atoms. The van der Waals surface area contributed by atoms with Gasteiger partial charge in [-0.1, -0.05) is 6.42 Å². The average molecular weight is 128 g/mol. The zero-order valence-corrected chi connectivity index (χ0v) is 5.84. The van der Waals surface area contributed by atoms with Crippen LogP contribution >= 0.6 is 0 Å². The molecule has 0 aromatic carbocycles. The van der Waals surface area contributed by atoms with Gasteiger partial charge in [-0.05, 0) is 25.7 Å². The van der Waals surface area contributed by atoms with Crippen molar-refractivity contribution in [3.05, 3.63) is 0 Å². The lowest BCUT2D eigenvalue weighted by molar-refractivity contribution is 0.564. The van der Waals surface area contributed by atoms with Crippen molar-refractivity contribution < 1.29 is 0 Å². The van der Waals surface area contributed by atoms with E-state index in [1.807, 2.05) is 0 Å². The molecular weight excluding hydrogens is 112 g/mol. The summed E-state index contributed by atoms with van der Waals surface area (Å²) in [6, 6.07) is 0.858. The standard InChI is InChI=1S/C7H16N2/c8-6-2-1-3-7(9)5-4-6/h6-7H,1-5,8-9H2/t6-,7-/m0/s1. The molecule has 1 fully saturated rings. The van der Waals surface area contributed by atoms with Crippen LogP contribution < -0.4 is 11.5 Å². The van der Waals surface area contributed by atoms with Gasteiger partial charge in [0, 0.05) is 12.1 Å². The summed E-state index contributed by atoms with van der Waals surface area (Å²) < 4.78 is 0. The van der Waals surface area contributed by atoms with Crippen LogP contribution in [0.5, 0.6) is 0 Å². The van der Waals surface area contributed by atoms with Crippen molar-refractivity contribution in [1.82, 2.24) is 0 Å². The monoisotopic (exact) mass is 128 g/mol. The summed E-state index contributed by atoms with van der Waals surface area (Å²) in [6.45, 7) is 0. The zero-order valence-electron chi connectivity index (χ0n) is 5.84. The second-order valence-corrected chi connectivity index (χ2v) is 3.03. The van der Waals surface area contributed by atoms with Gasteiger partial charge in [0.25, 0.3) is 0 Å². The Morgan fingerprint density at radius 1 is 0.778 bits per heavy atom. The van der Waals surface area contributed by atoms with Gasteiger partial charge in [-0.25, -0.2) is 0 Å². The minimum absolute atomic E-state index is 0.429. The quantitative estimate of drug-likeness (QED) is 0.469. The van der Waals surface area contributed by atoms with E-state index in [-0.39, 0.29) is 0 Å². The molecule has 9 heavy (non-hydrogen) atoms. The molecule has 1 aliphatic carbocycles. The van der Waals surface area contributed by atoms with Gasteiger partial charge >= 0.3 is 0 Å². The maximum Gasteiger partial charge on any atom is 0.00394 e. The summed E-state index contributed by atoms with van der Waals surface area (Å²) in [6.07, 6.45) is 5.83. The summed E-state index contributed by atoms with van der Waals surface area (Å²) in [5.74, 6) is 0. The third-order valence-electron chi connectivity index (χ3n) is 2.06. The van der Waals surface area contributed by atoms with Gasteiger partial charge in [0.2, 0.25) is 0 Å². The number of nitrogens with two attached hydrogens (primary N) is 2. The molecule has 2 nitrogen and oxygen atoms in total. The van der Waals surface area contributed by atoms with Gasteiger partial charge in [-0.2, -0.15) is 0 Å². The Morgan fingerprint density at radius 2 is 1.22 bits per heavy atom. The molecule has 0 aliphatic heterocycles. The first kappa shape index (κ1) is 7.03. The predicted molar refractivity (Wildman–Crippen MR) is 39.0 cm³/mol. The van der Waals surface area contributed by atoms with Crippen LogP contribution in [-0.2, 0) is 0 Å². The molecule has 0 spiro atoms. The van der Waals surface area contributed by atoms with E-state index in [1.54, 1.807) is 0 Å². The van der Waals surface area contributed by atoms with Crippen LogP contribution in [0.3, 0.4) is 0 Å². The van der Waals surface area contributed by atoms with Crippen molar-refractivity contribution in [2.24, 2.45) is 11.5 Å². The highest BCUT2D eigenvalue weighted by atomic mass is 14.7. The molecule has 0 radical (unpaired) electrons. The Balaban J connectivity index is 2.25. The van der Waals surface area contributed by atoms with E-state index in [1.165, 1.54) is 19.3 Å². The van der Waals surface area contributed by atoms with E-state index in [0.29, 0.717) is 12.1 Å². The molecule has 0 saturated heterocycles. The zero-order chi connectivity index (χ0) is 6.69. The topological polar surface area (TPSA) is 52.0 Å². The van der Waals surface area contributed by atoms with E-state index >= 15 is 0 Å². The summed E-state index contributed by atoms with van der Waals surface area (Å²) in [4.78, 5) is 0. The van der Waals surface area contributed by atoms with Gasteiger partial charge in [0.15, 0.2) is 0 Å². The summed E-state index contributed by atoms with van der Waals surface area (Å²) in [5, 5.41) is 0. The first-order chi connectivity index (χ1) is 4.29. The predicted octanol–water partition coefficient (Wildman–Crippen LogP) is 0.605. The minimum Gasteiger partial charge on any atom is -0.328 e. The van der Waals surface area contributed by atoms with Crippen LogP contribution in [0.4, 0.5) is 0 Å². The van der Waals surface area contributed by atoms with E-state index in [4.69, 9.17) is 11.5 Å². The second kappa shape index (κ2) is 3.18. The highest BCUT2D eigenvalue weighted by Gasteiger charge is 2.11. The molecule has 2 heteroatoms. The van der Waals surface area contributed by atoms with Crippen LogP contribution in [0.15, 0.2) is 0 Å². The summed E-state index contributed by atoms with van der Waals surface area (Å²) >= 11 is 0. The summed E-state index contributed by atoms with van der Waals surface area (Å²) in [5.41, 5.74) is 11.5. The third-order valence-corrected chi connectivity index (χ3v) is 2.06. The molecular formula is C7H16N2. The van der Waals surface area contributed by atoms with E-state index in [2.05, 4.69) is 0 Å². The maximum absolute atomic E-state index is 5.74. The van der Waals surface area contributed by atoms with Crippen LogP contribution in [-0.4, -0.2) is 12.1 Å². The Hall–Kier alpha value is -0.0800. The molecule has 0 unspecified atom stereocenters. The van der Waals surface area contributed by atoms with Gasteiger partial charge in [0.1, 0.15) is 0 Å². The van der Waals surface area contributed by atoms with E-state index < -0.39 is 0 Å². The fourth-order valence-electron chi connectivity index (χ4n) is 1.36. The third kappa shape index (κ3) is 2.33. The van der Waals surface area contributed by atoms with Crippen LogP contribution in [0.25, 0.3) is 0 Å². The first-order valence-electron chi connectivity index (χ1n) is 3.80. The van der Waals surface area contributed by atoms with E-state index in [0.717, 1.165) is 12.8 Å². The lowest BCUT2D eigenvalue weighted by Crippen LogP contribution is -2.21. The molecule has 0 amide bonds.